The van der Waals surface area contributed by atoms with Crippen LogP contribution in [0.2, 0.25) is 0 Å². The van der Waals surface area contributed by atoms with Crippen LogP contribution in [0.4, 0.5) is 0 Å². The van der Waals surface area contributed by atoms with E-state index in [0.717, 1.165) is 40.3 Å². The van der Waals surface area contributed by atoms with Gasteiger partial charge in [0.1, 0.15) is 17.7 Å². The van der Waals surface area contributed by atoms with Crippen molar-refractivity contribution in [2.45, 2.75) is 45.7 Å². The zero-order valence-corrected chi connectivity index (χ0v) is 21.8. The molecule has 2 unspecified atom stereocenters. The maximum atomic E-state index is 14.2. The van der Waals surface area contributed by atoms with Crippen LogP contribution in [0.25, 0.3) is 32.9 Å². The van der Waals surface area contributed by atoms with E-state index < -0.39 is 11.6 Å². The van der Waals surface area contributed by atoms with E-state index in [1.807, 2.05) is 86.6 Å². The van der Waals surface area contributed by atoms with Crippen molar-refractivity contribution in [2.24, 2.45) is 0 Å². The van der Waals surface area contributed by atoms with Gasteiger partial charge < -0.3 is 10.3 Å². The van der Waals surface area contributed by atoms with Gasteiger partial charge in [0.15, 0.2) is 0 Å². The van der Waals surface area contributed by atoms with Crippen molar-refractivity contribution in [3.63, 3.8) is 0 Å². The van der Waals surface area contributed by atoms with Gasteiger partial charge in [0.05, 0.1) is 5.52 Å². The van der Waals surface area contributed by atoms with Crippen molar-refractivity contribution in [3.8, 4) is 17.2 Å². The number of benzene rings is 3. The average Bonchev–Trinajstić information content (AvgIpc) is 3.32. The number of pyridine rings is 1. The summed E-state index contributed by atoms with van der Waals surface area (Å²) in [4.78, 5) is 31.5. The van der Waals surface area contributed by atoms with E-state index in [-0.39, 0.29) is 17.5 Å². The summed E-state index contributed by atoms with van der Waals surface area (Å²) in [5.74, 6) is -0.281. The smallest absolute Gasteiger partial charge is 0.270 e. The maximum Gasteiger partial charge on any atom is 0.270 e. The molecule has 0 spiro atoms. The van der Waals surface area contributed by atoms with Crippen molar-refractivity contribution in [1.29, 1.82) is 5.26 Å². The van der Waals surface area contributed by atoms with Gasteiger partial charge in [-0.15, -0.1) is 0 Å². The molecule has 6 nitrogen and oxygen atoms in total. The number of amides is 1. The Morgan fingerprint density at radius 2 is 1.79 bits per heavy atom. The summed E-state index contributed by atoms with van der Waals surface area (Å²) >= 11 is 0. The van der Waals surface area contributed by atoms with Crippen molar-refractivity contribution < 1.29 is 4.79 Å². The normalized spacial score (nSPS) is 12.8. The first-order chi connectivity index (χ1) is 18.4. The molecule has 3 aromatic carbocycles. The number of hydrogen-bond donors (Lipinski definition) is 2. The van der Waals surface area contributed by atoms with E-state index in [0.29, 0.717) is 16.6 Å². The Hall–Kier alpha value is -4.63. The zero-order valence-electron chi connectivity index (χ0n) is 21.8. The van der Waals surface area contributed by atoms with E-state index in [9.17, 15) is 14.9 Å². The molecule has 190 valence electrons. The molecular weight excluding hydrogens is 472 g/mol. The minimum absolute atomic E-state index is 0.0188. The lowest BCUT2D eigenvalue weighted by molar-refractivity contribution is -0.123. The van der Waals surface area contributed by atoms with Crippen LogP contribution >= 0.6 is 0 Å². The van der Waals surface area contributed by atoms with Gasteiger partial charge in [0.25, 0.3) is 5.56 Å². The summed E-state index contributed by atoms with van der Waals surface area (Å²) in [6.07, 6.45) is 3.54. The number of H-pyrrole nitrogens is 1. The van der Waals surface area contributed by atoms with Crippen LogP contribution in [-0.2, 0) is 4.79 Å². The Morgan fingerprint density at radius 1 is 1.05 bits per heavy atom. The molecule has 2 aromatic heterocycles. The van der Waals surface area contributed by atoms with E-state index >= 15 is 0 Å². The standard InChI is InChI=1S/C32H30N4O2/c1-4-10-21(3)35-31(37)30(26-19-34-27-16-15-20(2)17-24(26)27)36-28-14-9-8-13-23(28)29(25(18-33)32(36)38)22-11-6-5-7-12-22/h5-9,11-17,19,21,30,34H,4,10H2,1-3H3,(H,35,37). The number of nitrogens with zero attached hydrogens (tertiary/aromatic N) is 2. The highest BCUT2D eigenvalue weighted by molar-refractivity contribution is 5.99. The van der Waals surface area contributed by atoms with Crippen LogP contribution in [0.5, 0.6) is 0 Å². The molecule has 0 fully saturated rings. The maximum absolute atomic E-state index is 14.2. The quantitative estimate of drug-likeness (QED) is 0.277. The van der Waals surface area contributed by atoms with Gasteiger partial charge in [0.2, 0.25) is 5.91 Å². The van der Waals surface area contributed by atoms with Crippen LogP contribution < -0.4 is 10.9 Å². The van der Waals surface area contributed by atoms with Gasteiger partial charge in [-0.2, -0.15) is 5.26 Å². The summed E-state index contributed by atoms with van der Waals surface area (Å²) in [7, 11) is 0. The molecule has 5 aromatic rings. The number of nitrogens with one attached hydrogen (secondary N) is 2. The summed E-state index contributed by atoms with van der Waals surface area (Å²) in [5.41, 5.74) is 4.10. The van der Waals surface area contributed by atoms with Gasteiger partial charge >= 0.3 is 0 Å². The van der Waals surface area contributed by atoms with Crippen LogP contribution in [0.1, 0.15) is 49.4 Å². The predicted octanol–water partition coefficient (Wildman–Crippen LogP) is 6.22. The van der Waals surface area contributed by atoms with Crippen LogP contribution in [0.15, 0.2) is 83.8 Å². The molecule has 0 aliphatic carbocycles. The van der Waals surface area contributed by atoms with Crippen LogP contribution in [0.3, 0.4) is 0 Å². The van der Waals surface area contributed by atoms with Crippen LogP contribution in [0, 0.1) is 18.3 Å². The van der Waals surface area contributed by atoms with Gasteiger partial charge in [-0.1, -0.05) is 73.5 Å². The lowest BCUT2D eigenvalue weighted by Gasteiger charge is -2.25. The number of hydrogen-bond acceptors (Lipinski definition) is 3. The minimum Gasteiger partial charge on any atom is -0.361 e. The summed E-state index contributed by atoms with van der Waals surface area (Å²) < 4.78 is 1.50. The molecule has 0 saturated heterocycles. The largest absolute Gasteiger partial charge is 0.361 e. The third kappa shape index (κ3) is 4.37. The monoisotopic (exact) mass is 502 g/mol. The van der Waals surface area contributed by atoms with Crippen molar-refractivity contribution in [3.05, 3.63) is 106 Å². The fourth-order valence-corrected chi connectivity index (χ4v) is 5.34. The third-order valence-corrected chi connectivity index (χ3v) is 7.07. The lowest BCUT2D eigenvalue weighted by Crippen LogP contribution is -2.42. The number of aromatic amines is 1. The molecular formula is C32H30N4O2. The molecule has 38 heavy (non-hydrogen) atoms. The fourth-order valence-electron chi connectivity index (χ4n) is 5.34. The number of carbonyl (C=O) groups is 1. The fraction of sp³-hybridized carbons (Fsp3) is 0.219. The number of aromatic nitrogens is 2. The number of carbonyl (C=O) groups excluding carboxylic acids is 1. The topological polar surface area (TPSA) is 90.7 Å². The van der Waals surface area contributed by atoms with E-state index in [1.165, 1.54) is 4.57 Å². The molecule has 0 saturated carbocycles. The van der Waals surface area contributed by atoms with E-state index in [2.05, 4.69) is 23.3 Å². The van der Waals surface area contributed by atoms with Crippen molar-refractivity contribution in [2.75, 3.05) is 0 Å². The molecule has 2 heterocycles. The first kappa shape index (κ1) is 25.0. The molecule has 5 rings (SSSR count). The van der Waals surface area contributed by atoms with Gasteiger partial charge in [0, 0.05) is 39.7 Å². The lowest BCUT2D eigenvalue weighted by atomic mass is 9.95. The molecule has 2 atom stereocenters. The molecule has 0 aliphatic rings. The Kier molecular flexibility index (Phi) is 6.85. The molecule has 6 heteroatoms. The highest BCUT2D eigenvalue weighted by atomic mass is 16.2. The second kappa shape index (κ2) is 10.4. The Bertz CT molecular complexity index is 1740. The number of nitriles is 1. The number of rotatable bonds is 7. The molecule has 0 radical (unpaired) electrons. The van der Waals surface area contributed by atoms with Gasteiger partial charge in [-0.25, -0.2) is 0 Å². The zero-order chi connectivity index (χ0) is 26.8. The Balaban J connectivity index is 1.85. The summed E-state index contributed by atoms with van der Waals surface area (Å²) in [6.45, 7) is 6.04. The molecule has 1 amide bonds. The predicted molar refractivity (Wildman–Crippen MR) is 152 cm³/mol. The second-order valence-corrected chi connectivity index (χ2v) is 9.81. The second-order valence-electron chi connectivity index (χ2n) is 9.81. The number of fused-ring (bicyclic) bond motifs is 2. The first-order valence-corrected chi connectivity index (χ1v) is 12.9. The number of aryl methyl sites for hydroxylation is 1. The molecule has 0 bridgehead atoms. The van der Waals surface area contributed by atoms with Crippen LogP contribution in [-0.4, -0.2) is 21.5 Å². The van der Waals surface area contributed by atoms with E-state index in [4.69, 9.17) is 0 Å². The van der Waals surface area contributed by atoms with Crippen molar-refractivity contribution in [1.82, 2.24) is 14.9 Å². The third-order valence-electron chi connectivity index (χ3n) is 7.07. The SMILES string of the molecule is CCCC(C)NC(=O)C(c1c[nH]c2ccc(C)cc12)n1c(=O)c(C#N)c(-c2ccccc2)c2ccccc21. The summed E-state index contributed by atoms with van der Waals surface area (Å²) in [5, 5.41) is 15.0. The van der Waals surface area contributed by atoms with Gasteiger partial charge in [-0.05, 0) is 44.0 Å². The summed E-state index contributed by atoms with van der Waals surface area (Å²) in [6, 6.07) is 24.1. The minimum atomic E-state index is -0.973. The Labute approximate surface area is 221 Å². The highest BCUT2D eigenvalue weighted by Crippen LogP contribution is 2.34. The molecule has 0 aliphatic heterocycles. The average molecular weight is 503 g/mol. The molecule has 2 N–H and O–H groups in total. The van der Waals surface area contributed by atoms with Gasteiger partial charge in [-0.3, -0.25) is 14.2 Å². The van der Waals surface area contributed by atoms with E-state index in [1.54, 1.807) is 6.20 Å². The van der Waals surface area contributed by atoms with Crippen molar-refractivity contribution >= 4 is 27.7 Å². The Morgan fingerprint density at radius 3 is 2.53 bits per heavy atom. The first-order valence-electron chi connectivity index (χ1n) is 12.9. The number of para-hydroxylation sites is 1. The highest BCUT2D eigenvalue weighted by Gasteiger charge is 2.31.